The highest BCUT2D eigenvalue weighted by atomic mass is 32.1. The van der Waals surface area contributed by atoms with E-state index in [4.69, 9.17) is 4.98 Å². The summed E-state index contributed by atoms with van der Waals surface area (Å²) in [6, 6.07) is 0.535. The van der Waals surface area contributed by atoms with E-state index in [9.17, 15) is 0 Å². The van der Waals surface area contributed by atoms with E-state index < -0.39 is 0 Å². The van der Waals surface area contributed by atoms with Gasteiger partial charge in [0.15, 0.2) is 0 Å². The quantitative estimate of drug-likeness (QED) is 0.871. The Morgan fingerprint density at radius 1 is 1.50 bits per heavy atom. The van der Waals surface area contributed by atoms with Gasteiger partial charge in [-0.3, -0.25) is 0 Å². The molecule has 3 heteroatoms. The maximum absolute atomic E-state index is 4.92. The van der Waals surface area contributed by atoms with Gasteiger partial charge < -0.3 is 5.32 Å². The van der Waals surface area contributed by atoms with Crippen LogP contribution in [-0.2, 0) is 6.42 Å². The van der Waals surface area contributed by atoms with E-state index in [1.54, 1.807) is 4.88 Å². The van der Waals surface area contributed by atoms with Crippen molar-refractivity contribution in [3.63, 3.8) is 0 Å². The standard InChI is InChI=1S/C13H20N2S/c1-3-14-10-5-4-6-11-12(10)15-13(16-11)9-7-8(9)2/h8-10,14H,3-7H2,1-2H3. The first kappa shape index (κ1) is 10.7. The first-order chi connectivity index (χ1) is 7.79. The Hall–Kier alpha value is -0.410. The Kier molecular flexibility index (Phi) is 2.76. The third-order valence-corrected chi connectivity index (χ3v) is 5.11. The molecule has 3 rings (SSSR count). The van der Waals surface area contributed by atoms with Gasteiger partial charge in [-0.2, -0.15) is 0 Å². The Balaban J connectivity index is 1.86. The van der Waals surface area contributed by atoms with E-state index in [1.807, 2.05) is 11.3 Å². The van der Waals surface area contributed by atoms with E-state index in [1.165, 1.54) is 36.4 Å². The summed E-state index contributed by atoms with van der Waals surface area (Å²) < 4.78 is 0. The van der Waals surface area contributed by atoms with E-state index in [0.29, 0.717) is 6.04 Å². The van der Waals surface area contributed by atoms with Crippen LogP contribution in [0.2, 0.25) is 0 Å². The van der Waals surface area contributed by atoms with Crippen molar-refractivity contribution in [2.45, 2.75) is 51.5 Å². The predicted octanol–water partition coefficient (Wildman–Crippen LogP) is 3.25. The lowest BCUT2D eigenvalue weighted by molar-refractivity contribution is 0.464. The molecule has 3 unspecified atom stereocenters. The SMILES string of the molecule is CCNC1CCCc2sc(C3CC3C)nc21. The molecule has 2 aliphatic rings. The Morgan fingerprint density at radius 2 is 2.31 bits per heavy atom. The molecular formula is C13H20N2S. The zero-order valence-electron chi connectivity index (χ0n) is 10.1. The topological polar surface area (TPSA) is 24.9 Å². The fraction of sp³-hybridized carbons (Fsp3) is 0.769. The normalized spacial score (nSPS) is 32.5. The molecule has 2 nitrogen and oxygen atoms in total. The van der Waals surface area contributed by atoms with E-state index >= 15 is 0 Å². The van der Waals surface area contributed by atoms with Crippen molar-refractivity contribution in [3.05, 3.63) is 15.6 Å². The van der Waals surface area contributed by atoms with Gasteiger partial charge >= 0.3 is 0 Å². The van der Waals surface area contributed by atoms with Crippen LogP contribution in [0.15, 0.2) is 0 Å². The van der Waals surface area contributed by atoms with Crippen molar-refractivity contribution < 1.29 is 0 Å². The molecule has 0 saturated heterocycles. The number of thiazole rings is 1. The fourth-order valence-electron chi connectivity index (χ4n) is 2.71. The third-order valence-electron chi connectivity index (χ3n) is 3.85. The van der Waals surface area contributed by atoms with E-state index in [2.05, 4.69) is 19.2 Å². The third kappa shape index (κ3) is 1.80. The van der Waals surface area contributed by atoms with Crippen molar-refractivity contribution in [1.82, 2.24) is 10.3 Å². The van der Waals surface area contributed by atoms with Crippen molar-refractivity contribution in [3.8, 4) is 0 Å². The molecule has 2 aliphatic carbocycles. The minimum Gasteiger partial charge on any atom is -0.309 e. The maximum atomic E-state index is 4.92. The minimum absolute atomic E-state index is 0.535. The summed E-state index contributed by atoms with van der Waals surface area (Å²) in [6.45, 7) is 5.58. The molecule has 0 aliphatic heterocycles. The number of fused-ring (bicyclic) bond motifs is 1. The second-order valence-electron chi connectivity index (χ2n) is 5.18. The molecular weight excluding hydrogens is 216 g/mol. The highest BCUT2D eigenvalue weighted by Crippen LogP contribution is 2.49. The number of hydrogen-bond donors (Lipinski definition) is 1. The van der Waals surface area contributed by atoms with Crippen LogP contribution in [0.1, 0.15) is 60.6 Å². The van der Waals surface area contributed by atoms with Crippen LogP contribution in [0, 0.1) is 5.92 Å². The smallest absolute Gasteiger partial charge is 0.0965 e. The van der Waals surface area contributed by atoms with Gasteiger partial charge in [0.05, 0.1) is 16.7 Å². The van der Waals surface area contributed by atoms with Gasteiger partial charge in [0.2, 0.25) is 0 Å². The molecule has 3 atom stereocenters. The van der Waals surface area contributed by atoms with E-state index in [-0.39, 0.29) is 0 Å². The van der Waals surface area contributed by atoms with Gasteiger partial charge in [-0.25, -0.2) is 4.98 Å². The number of nitrogens with zero attached hydrogens (tertiary/aromatic N) is 1. The molecule has 0 radical (unpaired) electrons. The summed E-state index contributed by atoms with van der Waals surface area (Å²) in [5.41, 5.74) is 1.38. The van der Waals surface area contributed by atoms with Crippen molar-refractivity contribution in [2.75, 3.05) is 6.54 Å². The predicted molar refractivity (Wildman–Crippen MR) is 68.0 cm³/mol. The summed E-state index contributed by atoms with van der Waals surface area (Å²) in [5, 5.41) is 4.99. The first-order valence-electron chi connectivity index (χ1n) is 6.52. The number of aromatic nitrogens is 1. The molecule has 1 fully saturated rings. The van der Waals surface area contributed by atoms with Crippen molar-refractivity contribution in [1.29, 1.82) is 0 Å². The number of rotatable bonds is 3. The van der Waals surface area contributed by atoms with Gasteiger partial charge in [-0.05, 0) is 38.1 Å². The molecule has 0 spiro atoms. The molecule has 1 aromatic rings. The van der Waals surface area contributed by atoms with Crippen LogP contribution in [0.25, 0.3) is 0 Å². The number of aryl methyl sites for hydroxylation is 1. The summed E-state index contributed by atoms with van der Waals surface area (Å²) in [7, 11) is 0. The van der Waals surface area contributed by atoms with Gasteiger partial charge in [0, 0.05) is 10.8 Å². The lowest BCUT2D eigenvalue weighted by Gasteiger charge is -2.21. The molecule has 0 bridgehead atoms. The summed E-state index contributed by atoms with van der Waals surface area (Å²) in [4.78, 5) is 6.48. The molecule has 0 amide bonds. The molecule has 1 heterocycles. The van der Waals surface area contributed by atoms with Gasteiger partial charge in [0.25, 0.3) is 0 Å². The Bertz CT molecular complexity index is 385. The summed E-state index contributed by atoms with van der Waals surface area (Å²) in [5.74, 6) is 1.67. The van der Waals surface area contributed by atoms with E-state index in [0.717, 1.165) is 18.4 Å². The molecule has 88 valence electrons. The molecule has 16 heavy (non-hydrogen) atoms. The van der Waals surface area contributed by atoms with Gasteiger partial charge in [-0.1, -0.05) is 13.8 Å². The van der Waals surface area contributed by atoms with Crippen molar-refractivity contribution in [2.24, 2.45) is 5.92 Å². The number of nitrogens with one attached hydrogen (secondary N) is 1. The zero-order valence-corrected chi connectivity index (χ0v) is 10.9. The van der Waals surface area contributed by atoms with Crippen LogP contribution in [0.5, 0.6) is 0 Å². The average molecular weight is 236 g/mol. The first-order valence-corrected chi connectivity index (χ1v) is 7.34. The highest BCUT2D eigenvalue weighted by Gasteiger charge is 2.38. The largest absolute Gasteiger partial charge is 0.309 e. The highest BCUT2D eigenvalue weighted by molar-refractivity contribution is 7.11. The van der Waals surface area contributed by atoms with Gasteiger partial charge in [-0.15, -0.1) is 11.3 Å². The zero-order chi connectivity index (χ0) is 11.1. The molecule has 0 aromatic carbocycles. The second kappa shape index (κ2) is 4.11. The van der Waals surface area contributed by atoms with Gasteiger partial charge in [0.1, 0.15) is 0 Å². The number of hydrogen-bond acceptors (Lipinski definition) is 3. The van der Waals surface area contributed by atoms with Crippen LogP contribution >= 0.6 is 11.3 Å². The fourth-order valence-corrected chi connectivity index (χ4v) is 4.12. The Labute approximate surface area is 101 Å². The minimum atomic E-state index is 0.535. The average Bonchev–Trinajstić information content (AvgIpc) is 2.85. The Morgan fingerprint density at radius 3 is 3.00 bits per heavy atom. The lowest BCUT2D eigenvalue weighted by atomic mass is 9.98. The molecule has 1 aromatic heterocycles. The molecule has 1 N–H and O–H groups in total. The maximum Gasteiger partial charge on any atom is 0.0965 e. The monoisotopic (exact) mass is 236 g/mol. The lowest BCUT2D eigenvalue weighted by Crippen LogP contribution is -2.24. The van der Waals surface area contributed by atoms with Crippen molar-refractivity contribution >= 4 is 11.3 Å². The summed E-state index contributed by atoms with van der Waals surface area (Å²) >= 11 is 1.99. The van der Waals surface area contributed by atoms with Crippen LogP contribution in [-0.4, -0.2) is 11.5 Å². The van der Waals surface area contributed by atoms with Crippen LogP contribution in [0.4, 0.5) is 0 Å². The second-order valence-corrected chi connectivity index (χ2v) is 6.30. The molecule has 1 saturated carbocycles. The van der Waals surface area contributed by atoms with Crippen LogP contribution < -0.4 is 5.32 Å². The van der Waals surface area contributed by atoms with Crippen LogP contribution in [0.3, 0.4) is 0 Å². The summed E-state index contributed by atoms with van der Waals surface area (Å²) in [6.07, 6.45) is 5.21.